The summed E-state index contributed by atoms with van der Waals surface area (Å²) in [5, 5.41) is 0. The van der Waals surface area contributed by atoms with Gasteiger partial charge in [-0.15, -0.1) is 11.1 Å². The molecule has 1 nitrogen and oxygen atoms in total. The second-order valence-corrected chi connectivity index (χ2v) is 17.6. The van der Waals surface area contributed by atoms with Crippen LogP contribution in [0, 0.1) is 28.3 Å². The molecule has 1 aliphatic carbocycles. The second-order valence-electron chi connectivity index (χ2n) is 7.72. The van der Waals surface area contributed by atoms with E-state index in [-0.39, 0.29) is 0 Å². The molecule has 1 aliphatic rings. The van der Waals surface area contributed by atoms with Gasteiger partial charge in [-0.3, -0.25) is 4.79 Å². The SMILES string of the molecule is CC[Si](C#CC1(C#C[Si](CC)(CC)CC)CCCCC1=O)(CC)CC. The Morgan fingerprint density at radius 1 is 0.760 bits per heavy atom. The van der Waals surface area contributed by atoms with E-state index in [1.807, 2.05) is 0 Å². The summed E-state index contributed by atoms with van der Waals surface area (Å²) >= 11 is 0. The third-order valence-electron chi connectivity index (χ3n) is 6.82. The molecule has 1 rings (SSSR count). The van der Waals surface area contributed by atoms with Crippen LogP contribution in [-0.4, -0.2) is 21.9 Å². The quantitative estimate of drug-likeness (QED) is 0.398. The van der Waals surface area contributed by atoms with Crippen LogP contribution < -0.4 is 0 Å². The Balaban J connectivity index is 3.38. The minimum Gasteiger partial charge on any atom is -0.297 e. The maximum absolute atomic E-state index is 12.9. The Kier molecular flexibility index (Phi) is 8.72. The molecule has 0 heterocycles. The van der Waals surface area contributed by atoms with E-state index in [0.717, 1.165) is 19.3 Å². The molecule has 3 heteroatoms. The lowest BCUT2D eigenvalue weighted by molar-refractivity contribution is -0.125. The monoisotopic (exact) mass is 374 g/mol. The molecule has 0 aromatic rings. The van der Waals surface area contributed by atoms with Crippen molar-refractivity contribution in [2.45, 2.75) is 103 Å². The van der Waals surface area contributed by atoms with Gasteiger partial charge < -0.3 is 0 Å². The normalized spacial score (nSPS) is 17.3. The molecule has 0 atom stereocenters. The van der Waals surface area contributed by atoms with E-state index in [1.54, 1.807) is 0 Å². The van der Waals surface area contributed by atoms with Crippen molar-refractivity contribution in [3.8, 4) is 22.9 Å². The smallest absolute Gasteiger partial charge is 0.162 e. The van der Waals surface area contributed by atoms with Crippen molar-refractivity contribution in [2.24, 2.45) is 5.41 Å². The number of carbonyl (C=O) groups excluding carboxylic acids is 1. The Hall–Kier alpha value is -0.776. The minimum atomic E-state index is -1.55. The highest BCUT2D eigenvalue weighted by Gasteiger charge is 2.38. The molecule has 0 radical (unpaired) electrons. The topological polar surface area (TPSA) is 17.1 Å². The van der Waals surface area contributed by atoms with E-state index in [0.29, 0.717) is 12.2 Å². The molecule has 140 valence electrons. The van der Waals surface area contributed by atoms with Crippen molar-refractivity contribution in [3.05, 3.63) is 0 Å². The summed E-state index contributed by atoms with van der Waals surface area (Å²) in [5.74, 6) is 7.37. The lowest BCUT2D eigenvalue weighted by Crippen LogP contribution is -2.36. The van der Waals surface area contributed by atoms with Crippen LogP contribution in [0.1, 0.15) is 67.2 Å². The fourth-order valence-corrected chi connectivity index (χ4v) is 8.85. The molecular formula is C22H38OSi2. The zero-order valence-corrected chi connectivity index (χ0v) is 19.5. The molecule has 0 saturated heterocycles. The molecule has 0 aliphatic heterocycles. The van der Waals surface area contributed by atoms with Crippen LogP contribution in [0.15, 0.2) is 0 Å². The van der Waals surface area contributed by atoms with Crippen LogP contribution in [0.4, 0.5) is 0 Å². The summed E-state index contributed by atoms with van der Waals surface area (Å²) in [7, 11) is -3.10. The average molecular weight is 375 g/mol. The summed E-state index contributed by atoms with van der Waals surface area (Å²) in [5.41, 5.74) is 6.74. The van der Waals surface area contributed by atoms with E-state index < -0.39 is 21.6 Å². The van der Waals surface area contributed by atoms with Gasteiger partial charge in [-0.1, -0.05) is 59.8 Å². The molecule has 0 amide bonds. The van der Waals surface area contributed by atoms with Gasteiger partial charge in [0.05, 0.1) is 0 Å². The molecule has 0 spiro atoms. The van der Waals surface area contributed by atoms with Gasteiger partial charge in [0.25, 0.3) is 0 Å². The second kappa shape index (κ2) is 9.79. The molecule has 0 N–H and O–H groups in total. The van der Waals surface area contributed by atoms with Crippen LogP contribution in [0.25, 0.3) is 0 Å². The first-order valence-corrected chi connectivity index (χ1v) is 15.8. The van der Waals surface area contributed by atoms with E-state index in [2.05, 4.69) is 64.5 Å². The van der Waals surface area contributed by atoms with E-state index in [1.165, 1.54) is 36.3 Å². The molecule has 1 saturated carbocycles. The van der Waals surface area contributed by atoms with Gasteiger partial charge in [-0.05, 0) is 49.1 Å². The minimum absolute atomic E-state index is 0.302. The van der Waals surface area contributed by atoms with Gasteiger partial charge >= 0.3 is 0 Å². The Labute approximate surface area is 158 Å². The van der Waals surface area contributed by atoms with Gasteiger partial charge in [0.15, 0.2) is 5.78 Å². The van der Waals surface area contributed by atoms with E-state index in [9.17, 15) is 4.79 Å². The number of hydrogen-bond donors (Lipinski definition) is 0. The molecule has 0 bridgehead atoms. The van der Waals surface area contributed by atoms with Gasteiger partial charge in [0.2, 0.25) is 0 Å². The predicted molar refractivity (Wildman–Crippen MR) is 116 cm³/mol. The van der Waals surface area contributed by atoms with Crippen LogP contribution in [0.2, 0.25) is 36.3 Å². The van der Waals surface area contributed by atoms with Crippen molar-refractivity contribution in [3.63, 3.8) is 0 Å². The molecule has 0 aromatic heterocycles. The third kappa shape index (κ3) is 5.11. The van der Waals surface area contributed by atoms with Crippen LogP contribution in [0.5, 0.6) is 0 Å². The maximum Gasteiger partial charge on any atom is 0.162 e. The van der Waals surface area contributed by atoms with Gasteiger partial charge in [-0.2, -0.15) is 0 Å². The predicted octanol–water partition coefficient (Wildman–Crippen LogP) is 6.22. The number of rotatable bonds is 6. The fourth-order valence-electron chi connectivity index (χ4n) is 3.83. The van der Waals surface area contributed by atoms with Gasteiger partial charge in [0, 0.05) is 6.42 Å². The highest BCUT2D eigenvalue weighted by molar-refractivity contribution is 6.87. The number of carbonyl (C=O) groups is 1. The maximum atomic E-state index is 12.9. The van der Waals surface area contributed by atoms with Crippen LogP contribution in [0.3, 0.4) is 0 Å². The van der Waals surface area contributed by atoms with E-state index in [4.69, 9.17) is 0 Å². The molecule has 1 fully saturated rings. The average Bonchev–Trinajstić information content (AvgIpc) is 2.67. The van der Waals surface area contributed by atoms with Crippen molar-refractivity contribution in [1.29, 1.82) is 0 Å². The molecule has 0 unspecified atom stereocenters. The summed E-state index contributed by atoms with van der Waals surface area (Å²) in [6, 6.07) is 7.10. The lowest BCUT2D eigenvalue weighted by atomic mass is 9.74. The third-order valence-corrected chi connectivity index (χ3v) is 16.3. The van der Waals surface area contributed by atoms with Crippen molar-refractivity contribution < 1.29 is 4.79 Å². The van der Waals surface area contributed by atoms with Crippen LogP contribution in [-0.2, 0) is 4.79 Å². The zero-order valence-electron chi connectivity index (χ0n) is 17.5. The molecular weight excluding hydrogens is 336 g/mol. The number of Topliss-reactive ketones (excluding diaryl/α,β-unsaturated/α-hetero) is 1. The summed E-state index contributed by atoms with van der Waals surface area (Å²) < 4.78 is 0. The first-order chi connectivity index (χ1) is 11.9. The largest absolute Gasteiger partial charge is 0.297 e. The zero-order chi connectivity index (χ0) is 19.0. The van der Waals surface area contributed by atoms with Crippen molar-refractivity contribution >= 4 is 21.9 Å². The summed E-state index contributed by atoms with van der Waals surface area (Å²) in [6.45, 7) is 13.7. The van der Waals surface area contributed by atoms with E-state index >= 15 is 0 Å². The fraction of sp³-hybridized carbons (Fsp3) is 0.773. The Morgan fingerprint density at radius 3 is 1.48 bits per heavy atom. The summed E-state index contributed by atoms with van der Waals surface area (Å²) in [4.78, 5) is 12.9. The Bertz CT molecular complexity index is 508. The first-order valence-electron chi connectivity index (χ1n) is 10.5. The van der Waals surface area contributed by atoms with Crippen molar-refractivity contribution in [1.82, 2.24) is 0 Å². The number of hydrogen-bond acceptors (Lipinski definition) is 1. The van der Waals surface area contributed by atoms with Gasteiger partial charge in [-0.25, -0.2) is 0 Å². The molecule has 0 aromatic carbocycles. The highest BCUT2D eigenvalue weighted by atomic mass is 28.3. The van der Waals surface area contributed by atoms with Gasteiger partial charge in [0.1, 0.15) is 21.6 Å². The summed E-state index contributed by atoms with van der Waals surface area (Å²) in [6.07, 6.45) is 3.63. The first kappa shape index (κ1) is 22.3. The highest BCUT2D eigenvalue weighted by Crippen LogP contribution is 2.34. The standard InChI is InChI=1S/C22H38OSi2/c1-7-24(8-2,9-3)19-17-22(16-14-13-15-21(22)23)18-20-25(10-4,11-5)12-6/h7-16H2,1-6H3. The Morgan fingerprint density at radius 2 is 1.16 bits per heavy atom. The van der Waals surface area contributed by atoms with Crippen molar-refractivity contribution in [2.75, 3.05) is 0 Å². The number of ketones is 1. The molecule has 25 heavy (non-hydrogen) atoms. The van der Waals surface area contributed by atoms with Crippen LogP contribution >= 0.6 is 0 Å². The lowest BCUT2D eigenvalue weighted by Gasteiger charge is -2.29.